The van der Waals surface area contributed by atoms with Crippen molar-refractivity contribution in [1.82, 2.24) is 4.90 Å². The van der Waals surface area contributed by atoms with Gasteiger partial charge >= 0.3 is 11.9 Å². The molecule has 0 bridgehead atoms. The lowest BCUT2D eigenvalue weighted by Crippen LogP contribution is -2.45. The number of furan rings is 1. The Balaban J connectivity index is 1.91. The molecule has 1 fully saturated rings. The molecule has 0 saturated carbocycles. The molecule has 4 rings (SSSR count). The second-order valence-corrected chi connectivity index (χ2v) is 7.66. The first-order chi connectivity index (χ1) is 15.1. The molecule has 0 unspecified atom stereocenters. The zero-order chi connectivity index (χ0) is 21.8. The van der Waals surface area contributed by atoms with Crippen LogP contribution in [-0.2, 0) is 25.6 Å². The lowest BCUT2D eigenvalue weighted by molar-refractivity contribution is -0.172. The second kappa shape index (κ2) is 8.78. The van der Waals surface area contributed by atoms with Crippen molar-refractivity contribution in [1.29, 1.82) is 0 Å². The standard InChI is InChI=1S/C25H25NO5/c1-29-23(27)25(24(28)30-2)16-20(19-12-7-4-8-13-19)26(17-18-10-5-3-6-11-18)22(25)21-14-9-15-31-21/h3-15,20,22H,16-17H2,1-2H3/t20-,22-/m1/s1. The average Bonchev–Trinajstić information content (AvgIpc) is 3.46. The third-order valence-corrected chi connectivity index (χ3v) is 6.02. The van der Waals surface area contributed by atoms with Gasteiger partial charge in [0.2, 0.25) is 0 Å². The van der Waals surface area contributed by atoms with Crippen LogP contribution in [0.3, 0.4) is 0 Å². The van der Waals surface area contributed by atoms with Crippen LogP contribution in [0.2, 0.25) is 0 Å². The van der Waals surface area contributed by atoms with Crippen molar-refractivity contribution in [2.24, 2.45) is 5.41 Å². The first-order valence-corrected chi connectivity index (χ1v) is 10.2. The fourth-order valence-corrected chi connectivity index (χ4v) is 4.67. The molecule has 0 N–H and O–H groups in total. The summed E-state index contributed by atoms with van der Waals surface area (Å²) in [5.74, 6) is -0.736. The zero-order valence-electron chi connectivity index (χ0n) is 17.6. The molecule has 160 valence electrons. The lowest BCUT2D eigenvalue weighted by Gasteiger charge is -2.33. The van der Waals surface area contributed by atoms with Crippen molar-refractivity contribution in [3.05, 3.63) is 95.9 Å². The quantitative estimate of drug-likeness (QED) is 0.438. The van der Waals surface area contributed by atoms with Gasteiger partial charge in [-0.15, -0.1) is 0 Å². The van der Waals surface area contributed by atoms with Crippen LogP contribution < -0.4 is 0 Å². The van der Waals surface area contributed by atoms with E-state index in [-0.39, 0.29) is 12.5 Å². The van der Waals surface area contributed by atoms with Gasteiger partial charge in [0.15, 0.2) is 5.41 Å². The minimum Gasteiger partial charge on any atom is -0.468 e. The first-order valence-electron chi connectivity index (χ1n) is 10.2. The maximum Gasteiger partial charge on any atom is 0.325 e. The highest BCUT2D eigenvalue weighted by Gasteiger charge is 2.65. The Bertz CT molecular complexity index is 1000. The SMILES string of the molecule is COC(=O)C1(C(=O)OC)C[C@H](c2ccccc2)N(Cc2ccccc2)[C@@H]1c1ccco1. The van der Waals surface area contributed by atoms with Gasteiger partial charge in [-0.2, -0.15) is 0 Å². The van der Waals surface area contributed by atoms with Crippen LogP contribution in [0.1, 0.15) is 35.4 Å². The van der Waals surface area contributed by atoms with E-state index in [0.717, 1.165) is 11.1 Å². The maximum absolute atomic E-state index is 13.2. The Labute approximate surface area is 181 Å². The molecule has 1 aliphatic heterocycles. The van der Waals surface area contributed by atoms with E-state index >= 15 is 0 Å². The number of esters is 2. The number of benzene rings is 2. The molecular formula is C25H25NO5. The fourth-order valence-electron chi connectivity index (χ4n) is 4.67. The van der Waals surface area contributed by atoms with E-state index in [1.807, 2.05) is 60.7 Å². The minimum absolute atomic E-state index is 0.217. The zero-order valence-corrected chi connectivity index (χ0v) is 17.6. The predicted molar refractivity (Wildman–Crippen MR) is 114 cm³/mol. The molecule has 2 atom stereocenters. The summed E-state index contributed by atoms with van der Waals surface area (Å²) in [6.45, 7) is 0.515. The van der Waals surface area contributed by atoms with E-state index in [1.54, 1.807) is 18.4 Å². The maximum atomic E-state index is 13.2. The summed E-state index contributed by atoms with van der Waals surface area (Å²) >= 11 is 0. The van der Waals surface area contributed by atoms with Crippen molar-refractivity contribution in [2.75, 3.05) is 14.2 Å². The molecule has 1 aromatic heterocycles. The summed E-state index contributed by atoms with van der Waals surface area (Å²) in [5, 5.41) is 0. The highest BCUT2D eigenvalue weighted by atomic mass is 16.5. The second-order valence-electron chi connectivity index (χ2n) is 7.66. The normalized spacial score (nSPS) is 20.3. The van der Waals surface area contributed by atoms with Crippen molar-refractivity contribution < 1.29 is 23.5 Å². The van der Waals surface area contributed by atoms with E-state index < -0.39 is 23.4 Å². The van der Waals surface area contributed by atoms with Gasteiger partial charge in [0.25, 0.3) is 0 Å². The number of ether oxygens (including phenoxy) is 2. The molecule has 0 amide bonds. The van der Waals surface area contributed by atoms with E-state index in [0.29, 0.717) is 12.3 Å². The van der Waals surface area contributed by atoms with Gasteiger partial charge in [-0.25, -0.2) is 0 Å². The lowest BCUT2D eigenvalue weighted by atomic mass is 9.77. The van der Waals surface area contributed by atoms with Crippen molar-refractivity contribution in [3.63, 3.8) is 0 Å². The van der Waals surface area contributed by atoms with Crippen LogP contribution in [0, 0.1) is 5.41 Å². The number of nitrogens with zero attached hydrogens (tertiary/aromatic N) is 1. The number of rotatable bonds is 6. The van der Waals surface area contributed by atoms with Crippen LogP contribution in [0.5, 0.6) is 0 Å². The average molecular weight is 419 g/mol. The molecule has 0 spiro atoms. The molecule has 1 aliphatic rings. The highest BCUT2D eigenvalue weighted by molar-refractivity contribution is 6.01. The third-order valence-electron chi connectivity index (χ3n) is 6.02. The van der Waals surface area contributed by atoms with Crippen molar-refractivity contribution >= 4 is 11.9 Å². The number of hydrogen-bond acceptors (Lipinski definition) is 6. The summed E-state index contributed by atoms with van der Waals surface area (Å²) in [7, 11) is 2.59. The molecule has 0 radical (unpaired) electrons. The largest absolute Gasteiger partial charge is 0.468 e. The molecule has 31 heavy (non-hydrogen) atoms. The predicted octanol–water partition coefficient (Wildman–Crippen LogP) is 4.30. The Morgan fingerprint density at radius 1 is 0.935 bits per heavy atom. The van der Waals surface area contributed by atoms with Crippen LogP contribution in [0.15, 0.2) is 83.5 Å². The smallest absolute Gasteiger partial charge is 0.325 e. The molecule has 2 aromatic carbocycles. The number of methoxy groups -OCH3 is 2. The number of hydrogen-bond donors (Lipinski definition) is 0. The third kappa shape index (κ3) is 3.64. The van der Waals surface area contributed by atoms with Crippen LogP contribution in [-0.4, -0.2) is 31.1 Å². The molecule has 2 heterocycles. The summed E-state index contributed by atoms with van der Waals surface area (Å²) in [6, 6.07) is 22.4. The van der Waals surface area contributed by atoms with E-state index in [2.05, 4.69) is 4.90 Å². The summed E-state index contributed by atoms with van der Waals surface area (Å²) in [5.41, 5.74) is 0.506. The number of carbonyl (C=O) groups is 2. The van der Waals surface area contributed by atoms with Crippen molar-refractivity contribution in [2.45, 2.75) is 25.0 Å². The Kier molecular flexibility index (Phi) is 5.91. The number of likely N-dealkylation sites (tertiary alicyclic amines) is 1. The van der Waals surface area contributed by atoms with E-state index in [1.165, 1.54) is 14.2 Å². The van der Waals surface area contributed by atoms with Gasteiger partial charge in [0.05, 0.1) is 26.5 Å². The number of carbonyl (C=O) groups excluding carboxylic acids is 2. The van der Waals surface area contributed by atoms with Gasteiger partial charge in [-0.3, -0.25) is 14.5 Å². The molecule has 0 aliphatic carbocycles. The molecule has 1 saturated heterocycles. The molecule has 6 nitrogen and oxygen atoms in total. The fraction of sp³-hybridized carbons (Fsp3) is 0.280. The monoisotopic (exact) mass is 419 g/mol. The van der Waals surface area contributed by atoms with Gasteiger partial charge in [0.1, 0.15) is 5.76 Å². The molecular weight excluding hydrogens is 394 g/mol. The van der Waals surface area contributed by atoms with Crippen LogP contribution in [0.25, 0.3) is 0 Å². The Morgan fingerprint density at radius 3 is 2.10 bits per heavy atom. The topological polar surface area (TPSA) is 69.0 Å². The van der Waals surface area contributed by atoms with E-state index in [4.69, 9.17) is 13.9 Å². The van der Waals surface area contributed by atoms with Crippen LogP contribution in [0.4, 0.5) is 0 Å². The van der Waals surface area contributed by atoms with Gasteiger partial charge in [0, 0.05) is 12.6 Å². The first kappa shape index (κ1) is 20.9. The molecule has 3 aromatic rings. The van der Waals surface area contributed by atoms with Gasteiger partial charge < -0.3 is 13.9 Å². The van der Waals surface area contributed by atoms with Gasteiger partial charge in [-0.1, -0.05) is 60.7 Å². The van der Waals surface area contributed by atoms with Crippen molar-refractivity contribution in [3.8, 4) is 0 Å². The Hall–Kier alpha value is -3.38. The summed E-state index contributed by atoms with van der Waals surface area (Å²) in [6.07, 6.45) is 1.76. The highest BCUT2D eigenvalue weighted by Crippen LogP contribution is 2.57. The summed E-state index contributed by atoms with van der Waals surface area (Å²) < 4.78 is 16.1. The summed E-state index contributed by atoms with van der Waals surface area (Å²) in [4.78, 5) is 28.6. The Morgan fingerprint density at radius 2 is 1.55 bits per heavy atom. The molecule has 6 heteroatoms. The van der Waals surface area contributed by atoms with Gasteiger partial charge in [-0.05, 0) is 29.7 Å². The van der Waals surface area contributed by atoms with E-state index in [9.17, 15) is 9.59 Å². The minimum atomic E-state index is -1.56. The van der Waals surface area contributed by atoms with Crippen LogP contribution >= 0.6 is 0 Å².